The third kappa shape index (κ3) is 2.36. The number of ketones is 1. The molecule has 1 heterocycles. The van der Waals surface area contributed by atoms with Crippen molar-refractivity contribution in [3.8, 4) is 5.75 Å². The first-order chi connectivity index (χ1) is 8.54. The molecular weight excluding hydrogens is 298 g/mol. The van der Waals surface area contributed by atoms with Crippen LogP contribution in [0.15, 0.2) is 24.3 Å². The topological polar surface area (TPSA) is 26.3 Å². The molecule has 0 N–H and O–H groups in total. The van der Waals surface area contributed by atoms with E-state index in [4.69, 9.17) is 27.9 Å². The molecule has 0 fully saturated rings. The number of carbonyl (C=O) groups is 1. The molecule has 0 spiro atoms. The number of hydrogen-bond donors (Lipinski definition) is 0. The van der Waals surface area contributed by atoms with E-state index < -0.39 is 11.6 Å². The number of rotatable bonds is 3. The van der Waals surface area contributed by atoms with Gasteiger partial charge in [-0.2, -0.15) is 0 Å². The van der Waals surface area contributed by atoms with Crippen molar-refractivity contribution < 1.29 is 13.9 Å². The van der Waals surface area contributed by atoms with Gasteiger partial charge in [0.15, 0.2) is 17.3 Å². The van der Waals surface area contributed by atoms with E-state index in [9.17, 15) is 9.18 Å². The Bertz CT molecular complexity index is 610. The molecule has 2 rings (SSSR count). The van der Waals surface area contributed by atoms with Crippen LogP contribution in [0.3, 0.4) is 0 Å². The summed E-state index contributed by atoms with van der Waals surface area (Å²) in [5.74, 6) is -1.21. The van der Waals surface area contributed by atoms with Gasteiger partial charge in [-0.15, -0.1) is 11.3 Å². The molecule has 2 aromatic rings. The molecule has 0 aliphatic heterocycles. The van der Waals surface area contributed by atoms with Crippen molar-refractivity contribution in [2.24, 2.45) is 0 Å². The van der Waals surface area contributed by atoms with Gasteiger partial charge in [0.25, 0.3) is 0 Å². The number of methoxy groups -OCH3 is 1. The highest BCUT2D eigenvalue weighted by atomic mass is 35.5. The second kappa shape index (κ2) is 5.26. The van der Waals surface area contributed by atoms with Crippen molar-refractivity contribution in [1.82, 2.24) is 0 Å². The molecule has 0 aliphatic rings. The fourth-order valence-corrected chi connectivity index (χ4v) is 2.94. The van der Waals surface area contributed by atoms with Gasteiger partial charge in [0.2, 0.25) is 0 Å². The summed E-state index contributed by atoms with van der Waals surface area (Å²) in [5, 5.41) is 0. The molecule has 6 heteroatoms. The Morgan fingerprint density at radius 2 is 2.06 bits per heavy atom. The summed E-state index contributed by atoms with van der Waals surface area (Å²) >= 11 is 12.7. The second-order valence-electron chi connectivity index (χ2n) is 3.39. The molecule has 0 radical (unpaired) electrons. The minimum Gasteiger partial charge on any atom is -0.494 e. The number of carbonyl (C=O) groups excluding carboxylic acids is 1. The number of halogens is 3. The lowest BCUT2D eigenvalue weighted by Crippen LogP contribution is -2.04. The Hall–Kier alpha value is -1.10. The van der Waals surface area contributed by atoms with E-state index >= 15 is 0 Å². The first-order valence-corrected chi connectivity index (χ1v) is 6.44. The second-order valence-corrected chi connectivity index (χ2v) is 5.67. The van der Waals surface area contributed by atoms with Gasteiger partial charge < -0.3 is 4.74 Å². The van der Waals surface area contributed by atoms with Crippen LogP contribution in [0.2, 0.25) is 8.67 Å². The number of thiophene rings is 1. The normalized spacial score (nSPS) is 10.4. The van der Waals surface area contributed by atoms with Crippen LogP contribution in [0.1, 0.15) is 15.9 Å². The quantitative estimate of drug-likeness (QED) is 0.784. The van der Waals surface area contributed by atoms with Gasteiger partial charge in [0.05, 0.1) is 22.6 Å². The largest absolute Gasteiger partial charge is 0.494 e. The molecule has 2 nitrogen and oxygen atoms in total. The smallest absolute Gasteiger partial charge is 0.198 e. The maximum absolute atomic E-state index is 13.9. The Morgan fingerprint density at radius 3 is 2.61 bits per heavy atom. The fraction of sp³-hybridized carbons (Fsp3) is 0.0833. The number of benzene rings is 1. The van der Waals surface area contributed by atoms with Crippen LogP contribution in [0.4, 0.5) is 4.39 Å². The molecule has 0 saturated heterocycles. The van der Waals surface area contributed by atoms with Gasteiger partial charge in [-0.3, -0.25) is 4.79 Å². The van der Waals surface area contributed by atoms with Crippen LogP contribution in [-0.2, 0) is 0 Å². The fourth-order valence-electron chi connectivity index (χ4n) is 1.48. The highest BCUT2D eigenvalue weighted by Gasteiger charge is 2.21. The van der Waals surface area contributed by atoms with E-state index in [1.807, 2.05) is 0 Å². The Balaban J connectivity index is 2.50. The van der Waals surface area contributed by atoms with Crippen molar-refractivity contribution in [3.05, 3.63) is 49.9 Å². The molecule has 0 aliphatic carbocycles. The molecular formula is C12H7Cl2FO2S. The maximum atomic E-state index is 13.9. The molecule has 0 bridgehead atoms. The van der Waals surface area contributed by atoms with Crippen molar-refractivity contribution >= 4 is 40.3 Å². The first-order valence-electron chi connectivity index (χ1n) is 4.86. The minimum atomic E-state index is -0.705. The average Bonchev–Trinajstić information content (AvgIpc) is 2.68. The predicted molar refractivity (Wildman–Crippen MR) is 70.7 cm³/mol. The SMILES string of the molecule is COc1cccc(C(=O)c2cc(Cl)sc2Cl)c1F. The third-order valence-corrected chi connectivity index (χ3v) is 3.82. The lowest BCUT2D eigenvalue weighted by Gasteiger charge is -2.05. The van der Waals surface area contributed by atoms with Crippen molar-refractivity contribution in [2.75, 3.05) is 7.11 Å². The minimum absolute atomic E-state index is 0.0123. The molecule has 94 valence electrons. The van der Waals surface area contributed by atoms with E-state index in [0.717, 1.165) is 11.3 Å². The highest BCUT2D eigenvalue weighted by Crippen LogP contribution is 2.33. The predicted octanol–water partition coefficient (Wildman–Crippen LogP) is 4.43. The van der Waals surface area contributed by atoms with E-state index in [0.29, 0.717) is 4.34 Å². The van der Waals surface area contributed by atoms with Crippen LogP contribution >= 0.6 is 34.5 Å². The van der Waals surface area contributed by atoms with Crippen LogP contribution in [-0.4, -0.2) is 12.9 Å². The maximum Gasteiger partial charge on any atom is 0.198 e. The Kier molecular flexibility index (Phi) is 3.90. The average molecular weight is 305 g/mol. The molecule has 0 saturated carbocycles. The molecule has 0 unspecified atom stereocenters. The zero-order valence-electron chi connectivity index (χ0n) is 9.17. The summed E-state index contributed by atoms with van der Waals surface area (Å²) in [6.45, 7) is 0. The number of ether oxygens (including phenoxy) is 1. The van der Waals surface area contributed by atoms with Gasteiger partial charge in [-0.1, -0.05) is 29.3 Å². The summed E-state index contributed by atoms with van der Waals surface area (Å²) in [6, 6.07) is 5.78. The van der Waals surface area contributed by atoms with Gasteiger partial charge >= 0.3 is 0 Å². The molecule has 1 aromatic heterocycles. The molecule has 18 heavy (non-hydrogen) atoms. The summed E-state index contributed by atoms with van der Waals surface area (Å²) < 4.78 is 19.4. The van der Waals surface area contributed by atoms with Crippen LogP contribution < -0.4 is 4.74 Å². The van der Waals surface area contributed by atoms with E-state index in [1.165, 1.54) is 31.4 Å². The van der Waals surface area contributed by atoms with Crippen LogP contribution in [0.25, 0.3) is 0 Å². The van der Waals surface area contributed by atoms with Crippen molar-refractivity contribution in [2.45, 2.75) is 0 Å². The lowest BCUT2D eigenvalue weighted by atomic mass is 10.1. The van der Waals surface area contributed by atoms with Crippen LogP contribution in [0, 0.1) is 5.82 Å². The van der Waals surface area contributed by atoms with Gasteiger partial charge in [0.1, 0.15) is 4.34 Å². The Labute approximate surface area is 117 Å². The number of hydrogen-bond acceptors (Lipinski definition) is 3. The summed E-state index contributed by atoms with van der Waals surface area (Å²) in [4.78, 5) is 12.1. The highest BCUT2D eigenvalue weighted by molar-refractivity contribution is 7.20. The molecule has 1 aromatic carbocycles. The van der Waals surface area contributed by atoms with Crippen molar-refractivity contribution in [3.63, 3.8) is 0 Å². The van der Waals surface area contributed by atoms with E-state index in [2.05, 4.69) is 0 Å². The van der Waals surface area contributed by atoms with Gasteiger partial charge in [0, 0.05) is 0 Å². The van der Waals surface area contributed by atoms with E-state index in [-0.39, 0.29) is 21.2 Å². The molecule has 0 atom stereocenters. The zero-order chi connectivity index (χ0) is 13.3. The van der Waals surface area contributed by atoms with E-state index in [1.54, 1.807) is 0 Å². The van der Waals surface area contributed by atoms with Gasteiger partial charge in [-0.05, 0) is 18.2 Å². The van der Waals surface area contributed by atoms with Gasteiger partial charge in [-0.25, -0.2) is 4.39 Å². The van der Waals surface area contributed by atoms with Crippen LogP contribution in [0.5, 0.6) is 5.75 Å². The standard InChI is InChI=1S/C12H7Cl2FO2S/c1-17-8-4-2-3-6(10(8)15)11(16)7-5-9(13)18-12(7)14/h2-5H,1H3. The lowest BCUT2D eigenvalue weighted by molar-refractivity contribution is 0.103. The molecule has 0 amide bonds. The Morgan fingerprint density at radius 1 is 1.33 bits per heavy atom. The monoisotopic (exact) mass is 304 g/mol. The first kappa shape index (κ1) is 13.3. The summed E-state index contributed by atoms with van der Waals surface area (Å²) in [5.41, 5.74) is 0.101. The summed E-state index contributed by atoms with van der Waals surface area (Å²) in [7, 11) is 1.33. The van der Waals surface area contributed by atoms with Crippen molar-refractivity contribution in [1.29, 1.82) is 0 Å². The third-order valence-electron chi connectivity index (χ3n) is 2.33. The zero-order valence-corrected chi connectivity index (χ0v) is 11.5. The summed E-state index contributed by atoms with van der Waals surface area (Å²) in [6.07, 6.45) is 0.